The van der Waals surface area contributed by atoms with Gasteiger partial charge in [0.05, 0.1) is 0 Å². The SMILES string of the molecule is C1#CCCCCCC1.N=[N+]=N. The molecule has 0 unspecified atom stereocenters. The summed E-state index contributed by atoms with van der Waals surface area (Å²) in [5.41, 5.74) is 11.0. The van der Waals surface area contributed by atoms with Gasteiger partial charge < -0.3 is 0 Å². The molecule has 0 aromatic carbocycles. The summed E-state index contributed by atoms with van der Waals surface area (Å²) >= 11 is 0. The van der Waals surface area contributed by atoms with Gasteiger partial charge in [-0.05, 0) is 12.8 Å². The third kappa shape index (κ3) is 8.87. The molecule has 0 saturated carbocycles. The average molecular weight is 152 g/mol. The molecule has 1 aliphatic rings. The first-order valence-corrected chi connectivity index (χ1v) is 3.90. The van der Waals surface area contributed by atoms with E-state index >= 15 is 0 Å². The molecule has 3 nitrogen and oxygen atoms in total. The lowest BCUT2D eigenvalue weighted by atomic mass is 10.1. The van der Waals surface area contributed by atoms with E-state index < -0.39 is 0 Å². The maximum Gasteiger partial charge on any atom is 0.211 e. The maximum absolute atomic E-state index is 5.50. The first kappa shape index (κ1) is 9.87. The van der Waals surface area contributed by atoms with Crippen LogP contribution in [0.25, 0.3) is 0 Å². The Morgan fingerprint density at radius 3 is 1.55 bits per heavy atom. The van der Waals surface area contributed by atoms with Crippen molar-refractivity contribution in [1.82, 2.24) is 4.91 Å². The molecule has 2 N–H and O–H groups in total. The lowest BCUT2D eigenvalue weighted by Gasteiger charge is -1.97. The predicted molar refractivity (Wildman–Crippen MR) is 43.1 cm³/mol. The van der Waals surface area contributed by atoms with E-state index in [1.54, 1.807) is 0 Å². The molecule has 0 atom stereocenters. The fourth-order valence-corrected chi connectivity index (χ4v) is 0.957. The topological polar surface area (TPSA) is 61.8 Å². The maximum atomic E-state index is 5.50. The molecule has 0 aromatic rings. The van der Waals surface area contributed by atoms with Crippen LogP contribution in [0, 0.1) is 22.9 Å². The van der Waals surface area contributed by atoms with Gasteiger partial charge in [0.25, 0.3) is 0 Å². The Morgan fingerprint density at radius 2 is 1.18 bits per heavy atom. The standard InChI is InChI=1S/C8H12.H2N3/c1-2-4-6-8-7-5-3-1;1-3-2/h1-6H2;1-2H/q;+1. The van der Waals surface area contributed by atoms with Crippen molar-refractivity contribution in [2.24, 2.45) is 0 Å². The second-order valence-electron chi connectivity index (χ2n) is 2.38. The predicted octanol–water partition coefficient (Wildman–Crippen LogP) is 2.46. The summed E-state index contributed by atoms with van der Waals surface area (Å²) in [6.45, 7) is 0. The number of hydrogen-bond acceptors (Lipinski definition) is 2. The monoisotopic (exact) mass is 152 g/mol. The molecule has 3 heteroatoms. The second kappa shape index (κ2) is 8.87. The molecule has 0 bridgehead atoms. The van der Waals surface area contributed by atoms with E-state index in [0.29, 0.717) is 0 Å². The van der Waals surface area contributed by atoms with Gasteiger partial charge in [-0.25, -0.2) is 0 Å². The van der Waals surface area contributed by atoms with Crippen molar-refractivity contribution in [2.45, 2.75) is 38.5 Å². The summed E-state index contributed by atoms with van der Waals surface area (Å²) in [6.07, 6.45) is 7.73. The van der Waals surface area contributed by atoms with Crippen molar-refractivity contribution in [3.63, 3.8) is 0 Å². The van der Waals surface area contributed by atoms with E-state index in [0.717, 1.165) is 12.8 Å². The highest BCUT2D eigenvalue weighted by atomic mass is 15.0. The van der Waals surface area contributed by atoms with E-state index in [2.05, 4.69) is 11.8 Å². The largest absolute Gasteiger partial charge is 0.211 e. The molecule has 0 fully saturated rings. The summed E-state index contributed by atoms with van der Waals surface area (Å²) < 4.78 is 0. The molecular weight excluding hydrogens is 138 g/mol. The number of nitrogens with zero attached hydrogens (tertiary/aromatic N) is 1. The van der Waals surface area contributed by atoms with Gasteiger partial charge in [0.15, 0.2) is 0 Å². The van der Waals surface area contributed by atoms with Crippen LogP contribution in [0.5, 0.6) is 0 Å². The molecule has 1 rings (SSSR count). The third-order valence-corrected chi connectivity index (χ3v) is 1.48. The van der Waals surface area contributed by atoms with Crippen LogP contribution in [0.4, 0.5) is 0 Å². The average Bonchev–Trinajstić information content (AvgIpc) is 1.86. The van der Waals surface area contributed by atoms with Crippen LogP contribution < -0.4 is 4.91 Å². The van der Waals surface area contributed by atoms with Crippen LogP contribution >= 0.6 is 0 Å². The molecule has 11 heavy (non-hydrogen) atoms. The Morgan fingerprint density at radius 1 is 0.818 bits per heavy atom. The smallest absolute Gasteiger partial charge is 0.103 e. The fourth-order valence-electron chi connectivity index (χ4n) is 0.957. The zero-order valence-electron chi connectivity index (χ0n) is 6.69. The van der Waals surface area contributed by atoms with Crippen molar-refractivity contribution in [3.05, 3.63) is 0 Å². The molecule has 0 radical (unpaired) electrons. The number of nitrogens with one attached hydrogen (secondary N) is 2. The van der Waals surface area contributed by atoms with Gasteiger partial charge in [-0.1, -0.05) is 12.8 Å². The van der Waals surface area contributed by atoms with Crippen molar-refractivity contribution >= 4 is 0 Å². The number of hydrogen-bond donors (Lipinski definition) is 2. The first-order valence-electron chi connectivity index (χ1n) is 3.90. The normalized spacial score (nSPS) is 15.3. The quantitative estimate of drug-likeness (QED) is 0.304. The first-order chi connectivity index (χ1) is 5.41. The highest BCUT2D eigenvalue weighted by molar-refractivity contribution is 4.99. The van der Waals surface area contributed by atoms with E-state index in [-0.39, 0.29) is 0 Å². The number of rotatable bonds is 0. The van der Waals surface area contributed by atoms with Gasteiger partial charge in [0.2, 0.25) is 4.91 Å². The Bertz CT molecular complexity index is 158. The lowest BCUT2D eigenvalue weighted by Crippen LogP contribution is -1.80. The lowest BCUT2D eigenvalue weighted by molar-refractivity contribution is 0.652. The molecule has 0 amide bonds. The fraction of sp³-hybridized carbons (Fsp3) is 0.750. The van der Waals surface area contributed by atoms with Crippen molar-refractivity contribution < 1.29 is 0 Å². The molecule has 0 aliphatic heterocycles. The van der Waals surface area contributed by atoms with Crippen LogP contribution in [0.2, 0.25) is 0 Å². The summed E-state index contributed by atoms with van der Waals surface area (Å²) in [4.78, 5) is 2.00. The zero-order valence-corrected chi connectivity index (χ0v) is 6.69. The van der Waals surface area contributed by atoms with Crippen LogP contribution in [0.15, 0.2) is 0 Å². The molecule has 0 spiro atoms. The molecule has 0 aromatic heterocycles. The van der Waals surface area contributed by atoms with Crippen LogP contribution in [0.1, 0.15) is 38.5 Å². The van der Waals surface area contributed by atoms with Crippen LogP contribution in [0.3, 0.4) is 0 Å². The van der Waals surface area contributed by atoms with Crippen LogP contribution in [-0.2, 0) is 0 Å². The van der Waals surface area contributed by atoms with Gasteiger partial charge >= 0.3 is 0 Å². The highest BCUT2D eigenvalue weighted by Crippen LogP contribution is 2.06. The Hall–Kier alpha value is -1.13. The second-order valence-corrected chi connectivity index (χ2v) is 2.38. The highest BCUT2D eigenvalue weighted by Gasteiger charge is 1.89. The van der Waals surface area contributed by atoms with Gasteiger partial charge in [-0.3, -0.25) is 0 Å². The van der Waals surface area contributed by atoms with Crippen LogP contribution in [-0.4, -0.2) is 0 Å². The minimum absolute atomic E-state index is 1.14. The molecule has 1 aliphatic carbocycles. The molecular formula is C8H14N3+. The van der Waals surface area contributed by atoms with E-state index in [4.69, 9.17) is 11.1 Å². The van der Waals surface area contributed by atoms with Gasteiger partial charge in [-0.15, -0.1) is 11.8 Å². The van der Waals surface area contributed by atoms with E-state index in [1.165, 1.54) is 25.7 Å². The van der Waals surface area contributed by atoms with Crippen molar-refractivity contribution in [2.75, 3.05) is 0 Å². The van der Waals surface area contributed by atoms with Gasteiger partial charge in [0, 0.05) is 12.8 Å². The minimum Gasteiger partial charge on any atom is -0.103 e. The summed E-state index contributed by atoms with van der Waals surface area (Å²) in [6, 6.07) is 0. The Kier molecular flexibility index (Phi) is 7.96. The minimum atomic E-state index is 1.14. The summed E-state index contributed by atoms with van der Waals surface area (Å²) in [5, 5.41) is 0. The van der Waals surface area contributed by atoms with Gasteiger partial charge in [-0.2, -0.15) is 0 Å². The van der Waals surface area contributed by atoms with E-state index in [1.807, 2.05) is 4.91 Å². The molecule has 60 valence electrons. The zero-order chi connectivity index (χ0) is 8.36. The summed E-state index contributed by atoms with van der Waals surface area (Å²) in [7, 11) is 0. The molecule has 0 saturated heterocycles. The third-order valence-electron chi connectivity index (χ3n) is 1.48. The van der Waals surface area contributed by atoms with Crippen molar-refractivity contribution in [1.29, 1.82) is 11.1 Å². The Labute approximate surface area is 67.2 Å². The van der Waals surface area contributed by atoms with Crippen molar-refractivity contribution in [3.8, 4) is 11.8 Å². The van der Waals surface area contributed by atoms with E-state index in [9.17, 15) is 0 Å². The van der Waals surface area contributed by atoms with Gasteiger partial charge in [0.1, 0.15) is 11.1 Å². The molecule has 0 heterocycles. The Balaban J connectivity index is 0.000000292. The summed E-state index contributed by atoms with van der Waals surface area (Å²) in [5.74, 6) is 6.27.